The van der Waals surface area contributed by atoms with Gasteiger partial charge in [-0.05, 0) is 25.0 Å². The number of carbonyl (C=O) groups is 1. The molecule has 1 aromatic rings. The van der Waals surface area contributed by atoms with Gasteiger partial charge in [0.2, 0.25) is 5.91 Å². The van der Waals surface area contributed by atoms with Crippen molar-refractivity contribution in [1.29, 1.82) is 0 Å². The van der Waals surface area contributed by atoms with E-state index in [1.54, 1.807) is 12.1 Å². The molecule has 0 atom stereocenters. The van der Waals surface area contributed by atoms with E-state index in [1.165, 1.54) is 38.2 Å². The summed E-state index contributed by atoms with van der Waals surface area (Å²) in [7, 11) is 1.37. The molecule has 2 rings (SSSR count). The minimum Gasteiger partial charge on any atom is -0.493 e. The van der Waals surface area contributed by atoms with Crippen LogP contribution in [-0.2, 0) is 4.79 Å². The molecule has 1 aromatic carbocycles. The first-order valence-corrected chi connectivity index (χ1v) is 8.20. The molecule has 0 heterocycles. The van der Waals surface area contributed by atoms with Crippen LogP contribution in [0.3, 0.4) is 0 Å². The van der Waals surface area contributed by atoms with Crippen molar-refractivity contribution in [2.24, 2.45) is 0 Å². The highest BCUT2D eigenvalue weighted by Gasteiger charge is 2.15. The maximum absolute atomic E-state index is 12.6. The number of nitrogens with one attached hydrogen (secondary N) is 1. The van der Waals surface area contributed by atoms with Crippen LogP contribution in [0.25, 0.3) is 6.08 Å². The van der Waals surface area contributed by atoms with Crippen molar-refractivity contribution >= 4 is 12.0 Å². The molecule has 0 radical (unpaired) electrons. The lowest BCUT2D eigenvalue weighted by Gasteiger charge is -2.15. The van der Waals surface area contributed by atoms with Gasteiger partial charge in [-0.15, -0.1) is 0 Å². The Bertz CT molecular complexity index is 567. The van der Waals surface area contributed by atoms with Crippen LogP contribution in [0.2, 0.25) is 0 Å². The Morgan fingerprint density at radius 2 is 1.96 bits per heavy atom. The molecule has 0 aromatic heterocycles. The minimum atomic E-state index is -2.96. The number of methoxy groups -OCH3 is 1. The van der Waals surface area contributed by atoms with Crippen LogP contribution < -0.4 is 14.8 Å². The SMILES string of the molecule is COc1cccc(/C=C/C(=O)NC2CCCCCC2)c1OC(F)F. The Labute approximate surface area is 140 Å². The predicted octanol–water partition coefficient (Wildman–Crippen LogP) is 4.15. The maximum Gasteiger partial charge on any atom is 0.387 e. The minimum absolute atomic E-state index is 0.0754. The van der Waals surface area contributed by atoms with Gasteiger partial charge in [-0.3, -0.25) is 4.79 Å². The van der Waals surface area contributed by atoms with Gasteiger partial charge in [0.1, 0.15) is 0 Å². The highest BCUT2D eigenvalue weighted by atomic mass is 19.3. The topological polar surface area (TPSA) is 47.6 Å². The Morgan fingerprint density at radius 3 is 2.58 bits per heavy atom. The first kappa shape index (κ1) is 18.2. The van der Waals surface area contributed by atoms with Gasteiger partial charge in [-0.25, -0.2) is 0 Å². The Hall–Kier alpha value is -2.11. The molecule has 6 heteroatoms. The molecule has 1 N–H and O–H groups in total. The second-order valence-electron chi connectivity index (χ2n) is 5.79. The number of ether oxygens (including phenoxy) is 2. The average molecular weight is 339 g/mol. The number of amides is 1. The summed E-state index contributed by atoms with van der Waals surface area (Å²) in [5, 5.41) is 2.97. The number of benzene rings is 1. The second kappa shape index (κ2) is 9.25. The van der Waals surface area contributed by atoms with Crippen LogP contribution in [0, 0.1) is 0 Å². The average Bonchev–Trinajstić information content (AvgIpc) is 2.82. The summed E-state index contributed by atoms with van der Waals surface area (Å²) in [6.07, 6.45) is 9.44. The number of para-hydroxylation sites is 1. The third kappa shape index (κ3) is 5.51. The van der Waals surface area contributed by atoms with Crippen molar-refractivity contribution in [2.45, 2.75) is 51.2 Å². The normalized spacial score (nSPS) is 16.2. The third-order valence-electron chi connectivity index (χ3n) is 4.05. The van der Waals surface area contributed by atoms with Gasteiger partial charge >= 0.3 is 6.61 Å². The maximum atomic E-state index is 12.6. The third-order valence-corrected chi connectivity index (χ3v) is 4.05. The van der Waals surface area contributed by atoms with Gasteiger partial charge in [0.05, 0.1) is 7.11 Å². The van der Waals surface area contributed by atoms with Crippen LogP contribution in [-0.4, -0.2) is 25.7 Å². The van der Waals surface area contributed by atoms with Crippen LogP contribution in [0.4, 0.5) is 8.78 Å². The zero-order chi connectivity index (χ0) is 17.4. The fourth-order valence-corrected chi connectivity index (χ4v) is 2.88. The van der Waals surface area contributed by atoms with E-state index in [-0.39, 0.29) is 23.4 Å². The van der Waals surface area contributed by atoms with E-state index in [1.807, 2.05) is 0 Å². The Balaban J connectivity index is 2.05. The highest BCUT2D eigenvalue weighted by molar-refractivity contribution is 5.92. The first-order valence-electron chi connectivity index (χ1n) is 8.20. The number of hydrogen-bond donors (Lipinski definition) is 1. The fraction of sp³-hybridized carbons (Fsp3) is 0.500. The Morgan fingerprint density at radius 1 is 1.25 bits per heavy atom. The zero-order valence-electron chi connectivity index (χ0n) is 13.8. The Kier molecular flexibility index (Phi) is 7.03. The number of rotatable bonds is 6. The molecule has 1 saturated carbocycles. The van der Waals surface area contributed by atoms with Crippen LogP contribution >= 0.6 is 0 Å². The summed E-state index contributed by atoms with van der Waals surface area (Å²) < 4.78 is 34.7. The van der Waals surface area contributed by atoms with Crippen molar-refractivity contribution in [3.63, 3.8) is 0 Å². The lowest BCUT2D eigenvalue weighted by Crippen LogP contribution is -2.33. The van der Waals surface area contributed by atoms with Gasteiger partial charge in [0.25, 0.3) is 0 Å². The molecule has 132 valence electrons. The quantitative estimate of drug-likeness (QED) is 0.626. The van der Waals surface area contributed by atoms with E-state index in [0.717, 1.165) is 25.7 Å². The monoisotopic (exact) mass is 339 g/mol. The van der Waals surface area contributed by atoms with Gasteiger partial charge in [0.15, 0.2) is 11.5 Å². The van der Waals surface area contributed by atoms with Gasteiger partial charge in [-0.1, -0.05) is 37.8 Å². The molecule has 1 fully saturated rings. The van der Waals surface area contributed by atoms with Gasteiger partial charge in [0, 0.05) is 17.7 Å². The lowest BCUT2D eigenvalue weighted by molar-refractivity contribution is -0.117. The van der Waals surface area contributed by atoms with E-state index in [0.29, 0.717) is 5.56 Å². The summed E-state index contributed by atoms with van der Waals surface area (Å²) in [6.45, 7) is -2.96. The van der Waals surface area contributed by atoms with E-state index in [4.69, 9.17) is 4.74 Å². The predicted molar refractivity (Wildman–Crippen MR) is 88.3 cm³/mol. The summed E-state index contributed by atoms with van der Waals surface area (Å²) in [6, 6.07) is 4.96. The van der Waals surface area contributed by atoms with E-state index in [9.17, 15) is 13.6 Å². The van der Waals surface area contributed by atoms with Gasteiger partial charge < -0.3 is 14.8 Å². The second-order valence-corrected chi connectivity index (χ2v) is 5.79. The van der Waals surface area contributed by atoms with Crippen LogP contribution in [0.1, 0.15) is 44.1 Å². The number of carbonyl (C=O) groups excluding carboxylic acids is 1. The molecule has 1 amide bonds. The van der Waals surface area contributed by atoms with Crippen LogP contribution in [0.15, 0.2) is 24.3 Å². The number of alkyl halides is 2. The summed E-state index contributed by atoms with van der Waals surface area (Å²) >= 11 is 0. The van der Waals surface area contributed by atoms with Crippen molar-refractivity contribution in [1.82, 2.24) is 5.32 Å². The van der Waals surface area contributed by atoms with E-state index in [2.05, 4.69) is 10.1 Å². The molecule has 0 unspecified atom stereocenters. The molecule has 1 aliphatic rings. The van der Waals surface area contributed by atoms with Crippen molar-refractivity contribution in [3.8, 4) is 11.5 Å². The van der Waals surface area contributed by atoms with Gasteiger partial charge in [-0.2, -0.15) is 8.78 Å². The molecule has 0 bridgehead atoms. The molecule has 0 aliphatic heterocycles. The summed E-state index contributed by atoms with van der Waals surface area (Å²) in [5.41, 5.74) is 0.366. The highest BCUT2D eigenvalue weighted by Crippen LogP contribution is 2.33. The first-order chi connectivity index (χ1) is 11.6. The molecular weight excluding hydrogens is 316 g/mol. The zero-order valence-corrected chi connectivity index (χ0v) is 13.8. The molecule has 1 aliphatic carbocycles. The van der Waals surface area contributed by atoms with E-state index >= 15 is 0 Å². The summed E-state index contributed by atoms with van der Waals surface area (Å²) in [5.74, 6) is -0.108. The van der Waals surface area contributed by atoms with Crippen molar-refractivity contribution in [2.75, 3.05) is 7.11 Å². The molecular formula is C18H23F2NO3. The smallest absolute Gasteiger partial charge is 0.387 e. The largest absolute Gasteiger partial charge is 0.493 e. The standard InChI is InChI=1S/C18H23F2NO3/c1-23-15-10-6-7-13(17(15)24-18(19)20)11-12-16(22)21-14-8-4-2-3-5-9-14/h6-7,10-12,14,18H,2-5,8-9H2,1H3,(H,21,22)/b12-11+. The fourth-order valence-electron chi connectivity index (χ4n) is 2.88. The molecule has 0 spiro atoms. The molecule has 24 heavy (non-hydrogen) atoms. The summed E-state index contributed by atoms with van der Waals surface area (Å²) in [4.78, 5) is 12.1. The molecule has 4 nitrogen and oxygen atoms in total. The van der Waals surface area contributed by atoms with Crippen molar-refractivity contribution in [3.05, 3.63) is 29.8 Å². The molecule has 0 saturated heterocycles. The van der Waals surface area contributed by atoms with E-state index < -0.39 is 6.61 Å². The number of halogens is 2. The lowest BCUT2D eigenvalue weighted by atomic mass is 10.1. The van der Waals surface area contributed by atoms with Crippen LogP contribution in [0.5, 0.6) is 11.5 Å². The van der Waals surface area contributed by atoms with Crippen molar-refractivity contribution < 1.29 is 23.0 Å². The number of hydrogen-bond acceptors (Lipinski definition) is 3.